The molecule has 178 valence electrons. The minimum Gasteiger partial charge on any atom is -0.475 e. The SMILES string of the molecule is O=C(O)C(F)(F)F.O=C(c1ccoc1)N1CCC2(CCCN(Cc3ccncc3)C2=O)CC1. The van der Waals surface area contributed by atoms with Gasteiger partial charge in [-0.15, -0.1) is 0 Å². The number of amides is 2. The van der Waals surface area contributed by atoms with E-state index < -0.39 is 12.1 Å². The zero-order valence-corrected chi connectivity index (χ0v) is 17.8. The summed E-state index contributed by atoms with van der Waals surface area (Å²) >= 11 is 0. The molecular formula is C22H24F3N3O5. The number of carbonyl (C=O) groups excluding carboxylic acids is 2. The number of piperidine rings is 2. The van der Waals surface area contributed by atoms with E-state index in [4.69, 9.17) is 14.3 Å². The van der Waals surface area contributed by atoms with Gasteiger partial charge in [0.25, 0.3) is 5.91 Å². The van der Waals surface area contributed by atoms with Crippen LogP contribution in [0.1, 0.15) is 41.6 Å². The Kier molecular flexibility index (Phi) is 7.39. The number of likely N-dealkylation sites (tertiary alicyclic amines) is 2. The van der Waals surface area contributed by atoms with Gasteiger partial charge in [0.05, 0.1) is 17.2 Å². The quantitative estimate of drug-likeness (QED) is 0.743. The van der Waals surface area contributed by atoms with Crippen LogP contribution in [0.2, 0.25) is 0 Å². The highest BCUT2D eigenvalue weighted by atomic mass is 19.4. The van der Waals surface area contributed by atoms with Crippen LogP contribution in [0, 0.1) is 5.41 Å². The van der Waals surface area contributed by atoms with E-state index >= 15 is 0 Å². The first-order valence-electron chi connectivity index (χ1n) is 10.4. The predicted molar refractivity (Wildman–Crippen MR) is 109 cm³/mol. The van der Waals surface area contributed by atoms with E-state index in [0.717, 1.165) is 37.8 Å². The Morgan fingerprint density at radius 2 is 1.73 bits per heavy atom. The predicted octanol–water partition coefficient (Wildman–Crippen LogP) is 3.35. The molecule has 0 saturated carbocycles. The standard InChI is InChI=1S/C20H23N3O3.C2HF3O2/c24-18(17-4-13-26-15-17)22-11-6-20(7-12-22)5-1-10-23(19(20)25)14-16-2-8-21-9-3-16;3-2(4,5)1(6)7/h2-4,8-9,13,15H,1,5-7,10-12,14H2;(H,6,7). The average Bonchev–Trinajstić information content (AvgIpc) is 3.33. The Morgan fingerprint density at radius 1 is 1.09 bits per heavy atom. The minimum absolute atomic E-state index is 0.00880. The van der Waals surface area contributed by atoms with Gasteiger partial charge in [-0.1, -0.05) is 0 Å². The summed E-state index contributed by atoms with van der Waals surface area (Å²) in [5, 5.41) is 7.12. The van der Waals surface area contributed by atoms with Gasteiger partial charge in [0.15, 0.2) is 0 Å². The number of nitrogens with zero attached hydrogens (tertiary/aromatic N) is 3. The van der Waals surface area contributed by atoms with Crippen LogP contribution in [0.15, 0.2) is 47.5 Å². The van der Waals surface area contributed by atoms with Crippen molar-refractivity contribution >= 4 is 17.8 Å². The van der Waals surface area contributed by atoms with E-state index in [1.165, 1.54) is 12.5 Å². The third kappa shape index (κ3) is 5.91. The normalized spacial score (nSPS) is 18.0. The number of pyridine rings is 1. The fraction of sp³-hybridized carbons (Fsp3) is 0.455. The van der Waals surface area contributed by atoms with Crippen LogP contribution >= 0.6 is 0 Å². The van der Waals surface area contributed by atoms with Crippen LogP contribution in [0.3, 0.4) is 0 Å². The number of carboxylic acid groups (broad SMARTS) is 1. The molecule has 4 rings (SSSR count). The van der Waals surface area contributed by atoms with Crippen LogP contribution in [0.5, 0.6) is 0 Å². The summed E-state index contributed by atoms with van der Waals surface area (Å²) in [6.45, 7) is 2.69. The number of carbonyl (C=O) groups is 3. The molecule has 2 aliphatic heterocycles. The molecule has 33 heavy (non-hydrogen) atoms. The maximum atomic E-state index is 13.2. The number of carboxylic acids is 1. The van der Waals surface area contributed by atoms with Crippen molar-refractivity contribution in [2.45, 2.75) is 38.4 Å². The lowest BCUT2D eigenvalue weighted by Gasteiger charge is -2.46. The molecule has 1 spiro atoms. The molecule has 2 aromatic heterocycles. The Morgan fingerprint density at radius 3 is 2.27 bits per heavy atom. The second-order valence-electron chi connectivity index (χ2n) is 8.07. The van der Waals surface area contributed by atoms with Crippen molar-refractivity contribution in [3.05, 3.63) is 54.2 Å². The van der Waals surface area contributed by atoms with Crippen molar-refractivity contribution in [2.24, 2.45) is 5.41 Å². The summed E-state index contributed by atoms with van der Waals surface area (Å²) in [6, 6.07) is 5.61. The van der Waals surface area contributed by atoms with Crippen LogP contribution in [0.25, 0.3) is 0 Å². The molecule has 0 aromatic carbocycles. The highest BCUT2D eigenvalue weighted by Crippen LogP contribution is 2.41. The number of rotatable bonds is 3. The number of hydrogen-bond donors (Lipinski definition) is 1. The van der Waals surface area contributed by atoms with Gasteiger partial charge in [0, 0.05) is 38.6 Å². The molecule has 0 unspecified atom stereocenters. The van der Waals surface area contributed by atoms with Gasteiger partial charge >= 0.3 is 12.1 Å². The summed E-state index contributed by atoms with van der Waals surface area (Å²) in [6.07, 6.45) is 4.86. The molecule has 2 fully saturated rings. The third-order valence-corrected chi connectivity index (χ3v) is 5.97. The van der Waals surface area contributed by atoms with Crippen molar-refractivity contribution in [1.29, 1.82) is 0 Å². The van der Waals surface area contributed by atoms with E-state index in [1.807, 2.05) is 21.9 Å². The first-order valence-corrected chi connectivity index (χ1v) is 10.4. The van der Waals surface area contributed by atoms with Gasteiger partial charge < -0.3 is 19.3 Å². The Labute approximate surface area is 188 Å². The number of alkyl halides is 3. The number of halogens is 3. The van der Waals surface area contributed by atoms with Gasteiger partial charge in [0.1, 0.15) is 6.26 Å². The third-order valence-electron chi connectivity index (χ3n) is 5.97. The maximum absolute atomic E-state index is 13.2. The van der Waals surface area contributed by atoms with Gasteiger partial charge in [-0.2, -0.15) is 13.2 Å². The van der Waals surface area contributed by atoms with Crippen molar-refractivity contribution in [3.63, 3.8) is 0 Å². The number of furan rings is 1. The van der Waals surface area contributed by atoms with E-state index in [9.17, 15) is 22.8 Å². The second kappa shape index (κ2) is 10.1. The summed E-state index contributed by atoms with van der Waals surface area (Å²) < 4.78 is 36.7. The topological polar surface area (TPSA) is 104 Å². The zero-order valence-electron chi connectivity index (χ0n) is 17.8. The Bertz CT molecular complexity index is 955. The fourth-order valence-corrected chi connectivity index (χ4v) is 4.18. The molecule has 4 heterocycles. The molecule has 0 radical (unpaired) electrons. The van der Waals surface area contributed by atoms with E-state index in [-0.39, 0.29) is 17.2 Å². The van der Waals surface area contributed by atoms with Crippen molar-refractivity contribution in [2.75, 3.05) is 19.6 Å². The summed E-state index contributed by atoms with van der Waals surface area (Å²) in [7, 11) is 0. The summed E-state index contributed by atoms with van der Waals surface area (Å²) in [5.41, 5.74) is 1.38. The van der Waals surface area contributed by atoms with Gasteiger partial charge in [0.2, 0.25) is 5.91 Å². The molecule has 11 heteroatoms. The first kappa shape index (κ1) is 24.3. The number of aliphatic carboxylic acids is 1. The maximum Gasteiger partial charge on any atom is 0.490 e. The van der Waals surface area contributed by atoms with Gasteiger partial charge in [-0.05, 0) is 49.4 Å². The molecule has 1 N–H and O–H groups in total. The molecule has 2 aliphatic rings. The second-order valence-corrected chi connectivity index (χ2v) is 8.07. The summed E-state index contributed by atoms with van der Waals surface area (Å²) in [5.74, 6) is -2.52. The molecule has 2 amide bonds. The van der Waals surface area contributed by atoms with E-state index in [1.54, 1.807) is 18.5 Å². The summed E-state index contributed by atoms with van der Waals surface area (Å²) in [4.78, 5) is 42.4. The van der Waals surface area contributed by atoms with Crippen LogP contribution < -0.4 is 0 Å². The van der Waals surface area contributed by atoms with E-state index in [0.29, 0.717) is 25.2 Å². The fourth-order valence-electron chi connectivity index (χ4n) is 4.18. The molecule has 0 bridgehead atoms. The van der Waals surface area contributed by atoms with Crippen LogP contribution in [-0.4, -0.2) is 63.5 Å². The number of hydrogen-bond acceptors (Lipinski definition) is 5. The number of aromatic nitrogens is 1. The van der Waals surface area contributed by atoms with Crippen molar-refractivity contribution < 1.29 is 37.1 Å². The van der Waals surface area contributed by atoms with Crippen molar-refractivity contribution in [1.82, 2.24) is 14.8 Å². The monoisotopic (exact) mass is 467 g/mol. The van der Waals surface area contributed by atoms with Crippen LogP contribution in [0.4, 0.5) is 13.2 Å². The lowest BCUT2D eigenvalue weighted by atomic mass is 9.71. The van der Waals surface area contributed by atoms with E-state index in [2.05, 4.69) is 4.98 Å². The molecule has 0 aliphatic carbocycles. The molecule has 2 aromatic rings. The lowest BCUT2D eigenvalue weighted by Crippen LogP contribution is -2.54. The smallest absolute Gasteiger partial charge is 0.475 e. The zero-order chi connectivity index (χ0) is 24.1. The first-order chi connectivity index (χ1) is 15.6. The molecule has 0 atom stereocenters. The highest BCUT2D eigenvalue weighted by molar-refractivity contribution is 5.94. The minimum atomic E-state index is -5.08. The molecule has 2 saturated heterocycles. The van der Waals surface area contributed by atoms with Gasteiger partial charge in [-0.3, -0.25) is 14.6 Å². The highest BCUT2D eigenvalue weighted by Gasteiger charge is 2.46. The molecule has 8 nitrogen and oxygen atoms in total. The largest absolute Gasteiger partial charge is 0.490 e. The lowest BCUT2D eigenvalue weighted by molar-refractivity contribution is -0.192. The molecular weight excluding hydrogens is 443 g/mol. The Hall–Kier alpha value is -3.37. The van der Waals surface area contributed by atoms with Crippen molar-refractivity contribution in [3.8, 4) is 0 Å². The average molecular weight is 467 g/mol. The Balaban J connectivity index is 0.000000383. The van der Waals surface area contributed by atoms with Gasteiger partial charge in [-0.25, -0.2) is 4.79 Å². The van der Waals surface area contributed by atoms with Crippen LogP contribution in [-0.2, 0) is 16.1 Å².